The van der Waals surface area contributed by atoms with Crippen LogP contribution in [-0.4, -0.2) is 29.1 Å². The van der Waals surface area contributed by atoms with E-state index in [0.29, 0.717) is 13.2 Å². The molecule has 1 heterocycles. The van der Waals surface area contributed by atoms with Crippen molar-refractivity contribution in [3.63, 3.8) is 0 Å². The Bertz CT molecular complexity index is 390. The number of hydrogen-bond acceptors (Lipinski definition) is 5. The van der Waals surface area contributed by atoms with Gasteiger partial charge >= 0.3 is 7.12 Å². The quantitative estimate of drug-likeness (QED) is 0.571. The first-order valence-electron chi connectivity index (χ1n) is 5.26. The number of benzene rings is 1. The maximum atomic E-state index is 10.4. The second-order valence-corrected chi connectivity index (χ2v) is 4.28. The van der Waals surface area contributed by atoms with E-state index in [-0.39, 0.29) is 7.12 Å². The Balaban J connectivity index is 2.04. The Morgan fingerprint density at radius 3 is 2.47 bits per heavy atom. The number of rotatable bonds is 4. The van der Waals surface area contributed by atoms with E-state index < -0.39 is 17.5 Å². The molecule has 2 atom stereocenters. The minimum Gasteiger partial charge on any atom is -0.750 e. The van der Waals surface area contributed by atoms with Crippen LogP contribution in [0, 0.1) is 0 Å². The van der Waals surface area contributed by atoms with Gasteiger partial charge in [-0.15, -0.1) is 0 Å². The zero-order chi connectivity index (χ0) is 12.3. The van der Waals surface area contributed by atoms with Crippen LogP contribution < -0.4 is 5.46 Å². The summed E-state index contributed by atoms with van der Waals surface area (Å²) in [7, 11) is -0.311. The van der Waals surface area contributed by atoms with Crippen molar-refractivity contribution in [1.29, 1.82) is 0 Å². The third kappa shape index (κ3) is 3.37. The van der Waals surface area contributed by atoms with Crippen molar-refractivity contribution in [1.82, 2.24) is 0 Å². The van der Waals surface area contributed by atoms with Crippen molar-refractivity contribution in [3.8, 4) is 0 Å². The van der Waals surface area contributed by atoms with Gasteiger partial charge in [0.15, 0.2) is 0 Å². The fourth-order valence-corrected chi connectivity index (χ4v) is 2.00. The summed E-state index contributed by atoms with van der Waals surface area (Å²) in [5.74, 6) is 0. The van der Waals surface area contributed by atoms with E-state index >= 15 is 0 Å². The van der Waals surface area contributed by atoms with E-state index in [0.717, 1.165) is 11.0 Å². The van der Waals surface area contributed by atoms with Gasteiger partial charge in [-0.3, -0.25) is 4.18 Å². The topological polar surface area (TPSA) is 67.8 Å². The molecule has 0 spiro atoms. The minimum atomic E-state index is -2.50. The van der Waals surface area contributed by atoms with E-state index in [1.54, 1.807) is 19.1 Å². The van der Waals surface area contributed by atoms with Crippen molar-refractivity contribution >= 4 is 23.9 Å². The average molecular weight is 255 g/mol. The highest BCUT2D eigenvalue weighted by Gasteiger charge is 2.25. The Kier molecular flexibility index (Phi) is 4.30. The van der Waals surface area contributed by atoms with E-state index in [4.69, 9.17) is 9.31 Å². The summed E-state index contributed by atoms with van der Waals surface area (Å²) in [5.41, 5.74) is 1.71. The molecule has 0 radical (unpaired) electrons. The minimum absolute atomic E-state index is 0.311. The second kappa shape index (κ2) is 5.75. The van der Waals surface area contributed by atoms with E-state index in [2.05, 4.69) is 4.18 Å². The molecule has 17 heavy (non-hydrogen) atoms. The molecule has 1 aromatic carbocycles. The van der Waals surface area contributed by atoms with Gasteiger partial charge in [-0.05, 0) is 17.9 Å². The van der Waals surface area contributed by atoms with Gasteiger partial charge in [0.1, 0.15) is 0 Å². The van der Waals surface area contributed by atoms with Gasteiger partial charge in [0.2, 0.25) is 0 Å². The molecule has 0 aliphatic carbocycles. The summed E-state index contributed by atoms with van der Waals surface area (Å²) < 4.78 is 36.2. The SMILES string of the molecule is CC(OS(=O)[O-])c1ccc(B2OCCO2)cc1. The molecule has 0 amide bonds. The highest BCUT2D eigenvalue weighted by molar-refractivity contribution is 7.74. The lowest BCUT2D eigenvalue weighted by atomic mass is 9.79. The molecule has 92 valence electrons. The van der Waals surface area contributed by atoms with Crippen LogP contribution in [0.2, 0.25) is 0 Å². The van der Waals surface area contributed by atoms with Crippen molar-refractivity contribution in [2.24, 2.45) is 0 Å². The van der Waals surface area contributed by atoms with Gasteiger partial charge in [0, 0.05) is 0 Å². The Labute approximate surface area is 103 Å². The van der Waals surface area contributed by atoms with Gasteiger partial charge in [0.05, 0.1) is 30.7 Å². The van der Waals surface area contributed by atoms with Gasteiger partial charge in [-0.25, -0.2) is 4.21 Å². The predicted molar refractivity (Wildman–Crippen MR) is 62.2 cm³/mol. The molecule has 2 unspecified atom stereocenters. The van der Waals surface area contributed by atoms with Gasteiger partial charge < -0.3 is 13.9 Å². The molecule has 1 saturated heterocycles. The molecule has 1 aliphatic heterocycles. The van der Waals surface area contributed by atoms with E-state index in [9.17, 15) is 8.76 Å². The fraction of sp³-hybridized carbons (Fsp3) is 0.400. The maximum absolute atomic E-state index is 10.4. The molecule has 0 N–H and O–H groups in total. The monoisotopic (exact) mass is 255 g/mol. The smallest absolute Gasteiger partial charge is 0.494 e. The Hall–Kier alpha value is -0.725. The summed E-state index contributed by atoms with van der Waals surface area (Å²) in [6.07, 6.45) is -0.493. The van der Waals surface area contributed by atoms with Crippen LogP contribution in [0.15, 0.2) is 24.3 Å². The van der Waals surface area contributed by atoms with Crippen molar-refractivity contribution < 1.29 is 22.3 Å². The second-order valence-electron chi connectivity index (χ2n) is 3.68. The van der Waals surface area contributed by atoms with Crippen LogP contribution in [0.25, 0.3) is 0 Å². The third-order valence-corrected chi connectivity index (χ3v) is 2.97. The van der Waals surface area contributed by atoms with Crippen molar-refractivity contribution in [2.45, 2.75) is 13.0 Å². The van der Waals surface area contributed by atoms with Gasteiger partial charge in [0.25, 0.3) is 0 Å². The van der Waals surface area contributed by atoms with Crippen LogP contribution in [0.1, 0.15) is 18.6 Å². The molecule has 2 rings (SSSR count). The predicted octanol–water partition coefficient (Wildman–Crippen LogP) is 0.300. The first kappa shape index (κ1) is 12.7. The van der Waals surface area contributed by atoms with Crippen LogP contribution in [0.5, 0.6) is 0 Å². The molecule has 1 aliphatic rings. The standard InChI is InChI=1S/C10H13BO5S/c1-8(16-17(12)13)9-2-4-10(5-3-9)11-14-6-7-15-11/h2-5,8H,6-7H2,1H3,(H,12,13)/p-1. The Morgan fingerprint density at radius 1 is 1.35 bits per heavy atom. The van der Waals surface area contributed by atoms with Gasteiger partial charge in [-0.1, -0.05) is 24.3 Å². The maximum Gasteiger partial charge on any atom is 0.494 e. The molecule has 0 saturated carbocycles. The number of hydrogen-bond donors (Lipinski definition) is 0. The average Bonchev–Trinajstić information content (AvgIpc) is 2.82. The molecule has 7 heteroatoms. The van der Waals surface area contributed by atoms with E-state index in [1.165, 1.54) is 0 Å². The molecule has 1 fully saturated rings. The van der Waals surface area contributed by atoms with Crippen molar-refractivity contribution in [2.75, 3.05) is 13.2 Å². The van der Waals surface area contributed by atoms with Crippen LogP contribution in [0.3, 0.4) is 0 Å². The highest BCUT2D eigenvalue weighted by atomic mass is 32.2. The molecule has 0 aromatic heterocycles. The third-order valence-electron chi connectivity index (χ3n) is 2.52. The summed E-state index contributed by atoms with van der Waals surface area (Å²) in [6.45, 7) is 2.87. The lowest BCUT2D eigenvalue weighted by molar-refractivity contribution is 0.223. The first-order chi connectivity index (χ1) is 8.16. The summed E-state index contributed by atoms with van der Waals surface area (Å²) in [5, 5.41) is 0. The lowest BCUT2D eigenvalue weighted by Crippen LogP contribution is -2.31. The largest absolute Gasteiger partial charge is 0.750 e. The van der Waals surface area contributed by atoms with Crippen LogP contribution >= 0.6 is 0 Å². The van der Waals surface area contributed by atoms with Crippen LogP contribution in [0.4, 0.5) is 0 Å². The van der Waals surface area contributed by atoms with E-state index in [1.807, 2.05) is 12.1 Å². The molecular formula is C10H12BO5S-. The normalized spacial score (nSPS) is 19.3. The zero-order valence-corrected chi connectivity index (χ0v) is 10.1. The molecule has 0 bridgehead atoms. The van der Waals surface area contributed by atoms with Crippen molar-refractivity contribution in [3.05, 3.63) is 29.8 Å². The highest BCUT2D eigenvalue weighted by Crippen LogP contribution is 2.16. The molecule has 1 aromatic rings. The summed E-state index contributed by atoms with van der Waals surface area (Å²) >= 11 is -2.50. The fourth-order valence-electron chi connectivity index (χ4n) is 1.65. The lowest BCUT2D eigenvalue weighted by Gasteiger charge is -2.14. The summed E-state index contributed by atoms with van der Waals surface area (Å²) in [6, 6.07) is 7.30. The van der Waals surface area contributed by atoms with Crippen LogP contribution in [-0.2, 0) is 24.9 Å². The molecular weight excluding hydrogens is 243 g/mol. The molecule has 5 nitrogen and oxygen atoms in total. The van der Waals surface area contributed by atoms with Gasteiger partial charge in [-0.2, -0.15) is 0 Å². The first-order valence-corrected chi connectivity index (χ1v) is 6.26. The Morgan fingerprint density at radius 2 is 1.94 bits per heavy atom. The zero-order valence-electron chi connectivity index (χ0n) is 9.33. The summed E-state index contributed by atoms with van der Waals surface area (Å²) in [4.78, 5) is 0.